The predicted molar refractivity (Wildman–Crippen MR) is 117 cm³/mol. The van der Waals surface area contributed by atoms with Crippen LogP contribution in [-0.2, 0) is 0 Å². The summed E-state index contributed by atoms with van der Waals surface area (Å²) in [6, 6.07) is 7.01. The summed E-state index contributed by atoms with van der Waals surface area (Å²) in [6.07, 6.45) is 9.75. The molecule has 6 nitrogen and oxygen atoms in total. The van der Waals surface area contributed by atoms with E-state index in [4.69, 9.17) is 4.98 Å². The Morgan fingerprint density at radius 2 is 1.80 bits per heavy atom. The van der Waals surface area contributed by atoms with E-state index >= 15 is 0 Å². The highest BCUT2D eigenvalue weighted by Crippen LogP contribution is 2.42. The maximum Gasteiger partial charge on any atom is 0.223 e. The zero-order chi connectivity index (χ0) is 20.5. The SMILES string of the molecule is OC1CCC(Nc2ncc3[nH]c(Nc4ccccc4F)c(C4CCCC4)c3n2)CC1. The lowest BCUT2D eigenvalue weighted by atomic mass is 9.93. The molecule has 2 fully saturated rings. The molecule has 158 valence electrons. The fourth-order valence-corrected chi connectivity index (χ4v) is 4.88. The first-order valence-electron chi connectivity index (χ1n) is 11.0. The molecule has 2 aromatic heterocycles. The fraction of sp³-hybridized carbons (Fsp3) is 0.478. The van der Waals surface area contributed by atoms with Crippen molar-refractivity contribution in [3.05, 3.63) is 41.8 Å². The molecular formula is C23H28FN5O. The van der Waals surface area contributed by atoms with Crippen molar-refractivity contribution in [2.75, 3.05) is 10.6 Å². The number of aromatic nitrogens is 3. The predicted octanol–water partition coefficient (Wildman–Crippen LogP) is 5.21. The van der Waals surface area contributed by atoms with Gasteiger partial charge in [0.25, 0.3) is 0 Å². The Balaban J connectivity index is 1.49. The lowest BCUT2D eigenvalue weighted by molar-refractivity contribution is 0.126. The van der Waals surface area contributed by atoms with Crippen LogP contribution in [0.5, 0.6) is 0 Å². The van der Waals surface area contributed by atoms with E-state index in [0.29, 0.717) is 17.6 Å². The van der Waals surface area contributed by atoms with Gasteiger partial charge in [0, 0.05) is 11.6 Å². The van der Waals surface area contributed by atoms with Gasteiger partial charge in [-0.1, -0.05) is 25.0 Å². The van der Waals surface area contributed by atoms with Crippen molar-refractivity contribution < 1.29 is 9.50 Å². The van der Waals surface area contributed by atoms with Gasteiger partial charge in [-0.05, 0) is 56.6 Å². The molecule has 0 aliphatic heterocycles. The molecule has 1 aromatic carbocycles. The fourth-order valence-electron chi connectivity index (χ4n) is 4.88. The Labute approximate surface area is 175 Å². The summed E-state index contributed by atoms with van der Waals surface area (Å²) in [5, 5.41) is 16.5. The van der Waals surface area contributed by atoms with Gasteiger partial charge in [0.1, 0.15) is 11.6 Å². The van der Waals surface area contributed by atoms with Gasteiger partial charge >= 0.3 is 0 Å². The number of benzene rings is 1. The van der Waals surface area contributed by atoms with Gasteiger partial charge in [-0.25, -0.2) is 14.4 Å². The van der Waals surface area contributed by atoms with Crippen LogP contribution in [0.1, 0.15) is 62.8 Å². The first-order valence-corrected chi connectivity index (χ1v) is 11.0. The van der Waals surface area contributed by atoms with E-state index in [1.165, 1.54) is 18.9 Å². The summed E-state index contributed by atoms with van der Waals surface area (Å²) in [4.78, 5) is 12.8. The first kappa shape index (κ1) is 19.3. The number of hydrogen-bond donors (Lipinski definition) is 4. The van der Waals surface area contributed by atoms with E-state index < -0.39 is 0 Å². The largest absolute Gasteiger partial charge is 0.393 e. The molecule has 0 unspecified atom stereocenters. The van der Waals surface area contributed by atoms with Crippen LogP contribution in [0.2, 0.25) is 0 Å². The first-order chi connectivity index (χ1) is 14.7. The van der Waals surface area contributed by atoms with Gasteiger partial charge in [0.15, 0.2) is 0 Å². The highest BCUT2D eigenvalue weighted by atomic mass is 19.1. The minimum absolute atomic E-state index is 0.183. The van der Waals surface area contributed by atoms with E-state index in [1.807, 2.05) is 12.3 Å². The van der Waals surface area contributed by atoms with Crippen molar-refractivity contribution in [1.82, 2.24) is 15.0 Å². The molecule has 0 amide bonds. The highest BCUT2D eigenvalue weighted by Gasteiger charge is 2.26. The maximum absolute atomic E-state index is 14.3. The quantitative estimate of drug-likeness (QED) is 0.465. The van der Waals surface area contributed by atoms with E-state index in [9.17, 15) is 9.50 Å². The molecule has 0 spiro atoms. The minimum Gasteiger partial charge on any atom is -0.393 e. The van der Waals surface area contributed by atoms with Crippen LogP contribution in [0, 0.1) is 5.82 Å². The minimum atomic E-state index is -0.276. The molecule has 0 bridgehead atoms. The maximum atomic E-state index is 14.3. The molecule has 0 radical (unpaired) electrons. The van der Waals surface area contributed by atoms with E-state index in [2.05, 4.69) is 20.6 Å². The number of fused-ring (bicyclic) bond motifs is 1. The van der Waals surface area contributed by atoms with Crippen molar-refractivity contribution in [1.29, 1.82) is 0 Å². The van der Waals surface area contributed by atoms with Crippen molar-refractivity contribution in [2.45, 2.75) is 69.4 Å². The molecule has 2 aliphatic rings. The summed E-state index contributed by atoms with van der Waals surface area (Å²) in [5.74, 6) is 1.57. The summed E-state index contributed by atoms with van der Waals surface area (Å²) >= 11 is 0. The molecule has 30 heavy (non-hydrogen) atoms. The number of aliphatic hydroxyl groups is 1. The Bertz CT molecular complexity index is 1020. The molecule has 0 saturated heterocycles. The number of nitrogens with one attached hydrogen (secondary N) is 3. The number of hydrogen-bond acceptors (Lipinski definition) is 5. The third-order valence-electron chi connectivity index (χ3n) is 6.50. The summed E-state index contributed by atoms with van der Waals surface area (Å²) in [6.45, 7) is 0. The van der Waals surface area contributed by atoms with Crippen LogP contribution in [-0.4, -0.2) is 32.2 Å². The molecule has 2 heterocycles. The van der Waals surface area contributed by atoms with Gasteiger partial charge in [0.05, 0.1) is 29.0 Å². The van der Waals surface area contributed by atoms with Crippen molar-refractivity contribution in [2.24, 2.45) is 0 Å². The van der Waals surface area contributed by atoms with Crippen LogP contribution in [0.4, 0.5) is 21.8 Å². The van der Waals surface area contributed by atoms with E-state index in [-0.39, 0.29) is 18.0 Å². The van der Waals surface area contributed by atoms with Crippen molar-refractivity contribution in [3.8, 4) is 0 Å². The Morgan fingerprint density at radius 1 is 1.03 bits per heavy atom. The molecule has 5 rings (SSSR count). The lowest BCUT2D eigenvalue weighted by Gasteiger charge is -2.26. The molecule has 2 saturated carbocycles. The molecule has 3 aromatic rings. The number of H-pyrrole nitrogens is 1. The molecule has 4 N–H and O–H groups in total. The third kappa shape index (κ3) is 3.86. The Morgan fingerprint density at radius 3 is 2.57 bits per heavy atom. The van der Waals surface area contributed by atoms with Crippen molar-refractivity contribution in [3.63, 3.8) is 0 Å². The number of aliphatic hydroxyl groups excluding tert-OH is 1. The van der Waals surface area contributed by atoms with Gasteiger partial charge in [-0.15, -0.1) is 0 Å². The number of halogens is 1. The smallest absolute Gasteiger partial charge is 0.223 e. The molecular weight excluding hydrogens is 381 g/mol. The summed E-state index contributed by atoms with van der Waals surface area (Å²) < 4.78 is 14.3. The second-order valence-electron chi connectivity index (χ2n) is 8.61. The zero-order valence-electron chi connectivity index (χ0n) is 17.0. The Kier molecular flexibility index (Phi) is 5.29. The van der Waals surface area contributed by atoms with Crippen LogP contribution in [0.15, 0.2) is 30.5 Å². The molecule has 2 aliphatic carbocycles. The van der Waals surface area contributed by atoms with Gasteiger partial charge in [-0.3, -0.25) is 0 Å². The van der Waals surface area contributed by atoms with Crippen LogP contribution in [0.3, 0.4) is 0 Å². The van der Waals surface area contributed by atoms with Gasteiger partial charge < -0.3 is 20.7 Å². The number of para-hydroxylation sites is 1. The number of aromatic amines is 1. The van der Waals surface area contributed by atoms with E-state index in [0.717, 1.165) is 60.9 Å². The Hall–Kier alpha value is -2.67. The molecule has 7 heteroatoms. The monoisotopic (exact) mass is 409 g/mol. The van der Waals surface area contributed by atoms with Crippen LogP contribution < -0.4 is 10.6 Å². The zero-order valence-corrected chi connectivity index (χ0v) is 17.0. The second kappa shape index (κ2) is 8.22. The lowest BCUT2D eigenvalue weighted by Crippen LogP contribution is -2.28. The summed E-state index contributed by atoms with van der Waals surface area (Å²) in [7, 11) is 0. The van der Waals surface area contributed by atoms with Gasteiger partial charge in [-0.2, -0.15) is 0 Å². The second-order valence-corrected chi connectivity index (χ2v) is 8.61. The number of rotatable bonds is 5. The average molecular weight is 410 g/mol. The molecule has 0 atom stereocenters. The van der Waals surface area contributed by atoms with Gasteiger partial charge in [0.2, 0.25) is 5.95 Å². The van der Waals surface area contributed by atoms with Crippen LogP contribution in [0.25, 0.3) is 11.0 Å². The van der Waals surface area contributed by atoms with Crippen molar-refractivity contribution >= 4 is 28.5 Å². The highest BCUT2D eigenvalue weighted by molar-refractivity contribution is 5.87. The topological polar surface area (TPSA) is 85.9 Å². The standard InChI is InChI=1S/C23H28FN5O/c24-17-7-3-4-8-18(17)27-22-20(14-5-1-2-6-14)21-19(28-22)13-25-23(29-21)26-15-9-11-16(30)12-10-15/h3-4,7-8,13-16,27-28,30H,1-2,5-6,9-12H2,(H,25,26,29). The number of nitrogens with zero attached hydrogens (tertiary/aromatic N) is 2. The number of anilines is 3. The summed E-state index contributed by atoms with van der Waals surface area (Å²) in [5.41, 5.74) is 3.36. The normalized spacial score (nSPS) is 22.5. The van der Waals surface area contributed by atoms with E-state index in [1.54, 1.807) is 12.1 Å². The average Bonchev–Trinajstić information content (AvgIpc) is 3.38. The van der Waals surface area contributed by atoms with Crippen LogP contribution >= 0.6 is 0 Å². The third-order valence-corrected chi connectivity index (χ3v) is 6.50.